The van der Waals surface area contributed by atoms with Gasteiger partial charge >= 0.3 is 6.18 Å². The van der Waals surface area contributed by atoms with E-state index in [9.17, 15) is 18.0 Å². The molecule has 2 aromatic heterocycles. The molecular formula is C14H15F3N4O2. The number of carbonyl (C=O) groups is 1. The molecule has 0 bridgehead atoms. The van der Waals surface area contributed by atoms with E-state index in [2.05, 4.69) is 10.3 Å². The molecule has 1 atom stereocenters. The number of halogens is 3. The third-order valence-electron chi connectivity index (χ3n) is 3.78. The van der Waals surface area contributed by atoms with Gasteiger partial charge in [0.2, 0.25) is 5.91 Å². The lowest BCUT2D eigenvalue weighted by atomic mass is 10.1. The topological polar surface area (TPSA) is 64.2 Å². The van der Waals surface area contributed by atoms with E-state index in [1.165, 1.54) is 0 Å². The Morgan fingerprint density at radius 3 is 2.87 bits per heavy atom. The molecule has 3 rings (SSSR count). The number of carbonyl (C=O) groups excluding carboxylic acids is 1. The smallest absolute Gasteiger partial charge is 0.359 e. The van der Waals surface area contributed by atoms with Gasteiger partial charge in [-0.3, -0.25) is 9.48 Å². The van der Waals surface area contributed by atoms with Crippen LogP contribution in [0.3, 0.4) is 0 Å². The van der Waals surface area contributed by atoms with E-state index in [4.69, 9.17) is 4.52 Å². The zero-order valence-electron chi connectivity index (χ0n) is 12.4. The van der Waals surface area contributed by atoms with Gasteiger partial charge in [-0.1, -0.05) is 5.16 Å². The summed E-state index contributed by atoms with van der Waals surface area (Å²) in [5.74, 6) is 0.308. The van der Waals surface area contributed by atoms with Gasteiger partial charge in [0.05, 0.1) is 11.7 Å². The summed E-state index contributed by atoms with van der Waals surface area (Å²) in [5, 5.41) is 7.22. The van der Waals surface area contributed by atoms with Gasteiger partial charge in [-0.2, -0.15) is 18.3 Å². The molecule has 3 heterocycles. The summed E-state index contributed by atoms with van der Waals surface area (Å²) < 4.78 is 43.8. The second-order valence-corrected chi connectivity index (χ2v) is 5.51. The number of alkyl halides is 3. The van der Waals surface area contributed by atoms with Crippen molar-refractivity contribution in [2.75, 3.05) is 6.54 Å². The van der Waals surface area contributed by atoms with Crippen molar-refractivity contribution in [2.24, 2.45) is 0 Å². The molecule has 124 valence electrons. The van der Waals surface area contributed by atoms with Gasteiger partial charge in [-0.15, -0.1) is 0 Å². The van der Waals surface area contributed by atoms with Gasteiger partial charge in [-0.25, -0.2) is 0 Å². The minimum atomic E-state index is -4.51. The normalized spacial score (nSPS) is 18.6. The van der Waals surface area contributed by atoms with Gasteiger partial charge in [0.15, 0.2) is 11.5 Å². The maximum absolute atomic E-state index is 12.5. The van der Waals surface area contributed by atoms with Gasteiger partial charge < -0.3 is 9.42 Å². The molecule has 0 aliphatic carbocycles. The molecule has 1 aliphatic heterocycles. The fourth-order valence-corrected chi connectivity index (χ4v) is 2.73. The highest BCUT2D eigenvalue weighted by Gasteiger charge is 2.35. The van der Waals surface area contributed by atoms with E-state index in [0.717, 1.165) is 35.5 Å². The Morgan fingerprint density at radius 1 is 1.48 bits per heavy atom. The number of hydrogen-bond donors (Lipinski definition) is 0. The predicted molar refractivity (Wildman–Crippen MR) is 72.2 cm³/mol. The number of likely N-dealkylation sites (tertiary alicyclic amines) is 1. The summed E-state index contributed by atoms with van der Waals surface area (Å²) in [7, 11) is 0. The van der Waals surface area contributed by atoms with Gasteiger partial charge in [0, 0.05) is 18.8 Å². The van der Waals surface area contributed by atoms with Crippen LogP contribution in [-0.4, -0.2) is 32.3 Å². The number of rotatable bonds is 3. The van der Waals surface area contributed by atoms with Crippen LogP contribution < -0.4 is 0 Å². The summed E-state index contributed by atoms with van der Waals surface area (Å²) in [6.45, 7) is 2.09. The molecule has 0 aromatic carbocycles. The van der Waals surface area contributed by atoms with Crippen molar-refractivity contribution in [3.05, 3.63) is 35.5 Å². The first-order valence-electron chi connectivity index (χ1n) is 7.18. The molecular weight excluding hydrogens is 313 g/mol. The summed E-state index contributed by atoms with van der Waals surface area (Å²) in [5.41, 5.74) is -0.282. The van der Waals surface area contributed by atoms with Crippen molar-refractivity contribution in [1.82, 2.24) is 19.8 Å². The lowest BCUT2D eigenvalue weighted by Crippen LogP contribution is -2.33. The van der Waals surface area contributed by atoms with Crippen LogP contribution >= 0.6 is 0 Å². The maximum Gasteiger partial charge on any atom is 0.435 e. The third kappa shape index (κ3) is 3.22. The van der Waals surface area contributed by atoms with E-state index in [1.807, 2.05) is 0 Å². The average Bonchev–Trinajstić information content (AvgIpc) is 3.15. The zero-order valence-corrected chi connectivity index (χ0v) is 12.4. The van der Waals surface area contributed by atoms with E-state index in [0.29, 0.717) is 12.3 Å². The second kappa shape index (κ2) is 5.71. The molecule has 1 saturated heterocycles. The van der Waals surface area contributed by atoms with Crippen molar-refractivity contribution < 1.29 is 22.5 Å². The standard InChI is InChI=1S/C14H15F3N4O2/c1-9-7-11(23-19-9)10-3-2-5-21(10)13(22)8-20-6-4-12(18-20)14(15,16)17/h4,6-7,10H,2-3,5,8H2,1H3/t10-/m0/s1. The number of aryl methyl sites for hydroxylation is 1. The predicted octanol–water partition coefficient (Wildman–Crippen LogP) is 2.56. The Hall–Kier alpha value is -2.32. The number of amides is 1. The molecule has 23 heavy (non-hydrogen) atoms. The molecule has 6 nitrogen and oxygen atoms in total. The maximum atomic E-state index is 12.5. The molecule has 1 amide bonds. The van der Waals surface area contributed by atoms with Crippen LogP contribution in [0.4, 0.5) is 13.2 Å². The lowest BCUT2D eigenvalue weighted by molar-refractivity contribution is -0.142. The highest BCUT2D eigenvalue weighted by molar-refractivity contribution is 5.76. The lowest BCUT2D eigenvalue weighted by Gasteiger charge is -2.22. The monoisotopic (exact) mass is 328 g/mol. The van der Waals surface area contributed by atoms with Crippen LogP contribution in [0.15, 0.2) is 22.9 Å². The Bertz CT molecular complexity index is 707. The SMILES string of the molecule is Cc1cc([C@@H]2CCCN2C(=O)Cn2ccc(C(F)(F)F)n2)on1. The molecule has 0 spiro atoms. The Kier molecular flexibility index (Phi) is 3.87. The Labute approximate surface area is 129 Å². The quantitative estimate of drug-likeness (QED) is 0.869. The van der Waals surface area contributed by atoms with Gasteiger partial charge in [0.25, 0.3) is 0 Å². The largest absolute Gasteiger partial charge is 0.435 e. The van der Waals surface area contributed by atoms with E-state index < -0.39 is 11.9 Å². The van der Waals surface area contributed by atoms with Crippen molar-refractivity contribution in [3.63, 3.8) is 0 Å². The van der Waals surface area contributed by atoms with Crippen LogP contribution in [-0.2, 0) is 17.5 Å². The first kappa shape index (κ1) is 15.6. The van der Waals surface area contributed by atoms with Gasteiger partial charge in [-0.05, 0) is 25.8 Å². The molecule has 0 N–H and O–H groups in total. The van der Waals surface area contributed by atoms with Crippen LogP contribution in [0.1, 0.15) is 36.0 Å². The Balaban J connectivity index is 1.71. The average molecular weight is 328 g/mol. The van der Waals surface area contributed by atoms with Crippen molar-refractivity contribution >= 4 is 5.91 Å². The molecule has 1 fully saturated rings. The summed E-state index contributed by atoms with van der Waals surface area (Å²) in [6, 6.07) is 2.40. The highest BCUT2D eigenvalue weighted by atomic mass is 19.4. The minimum Gasteiger partial charge on any atom is -0.359 e. The number of nitrogens with zero attached hydrogens (tertiary/aromatic N) is 4. The van der Waals surface area contributed by atoms with Crippen LogP contribution in [0, 0.1) is 6.92 Å². The van der Waals surface area contributed by atoms with Crippen molar-refractivity contribution in [3.8, 4) is 0 Å². The fraction of sp³-hybridized carbons (Fsp3) is 0.500. The number of aromatic nitrogens is 3. The molecule has 9 heteroatoms. The van der Waals surface area contributed by atoms with E-state index >= 15 is 0 Å². The van der Waals surface area contributed by atoms with Crippen LogP contribution in [0.5, 0.6) is 0 Å². The Morgan fingerprint density at radius 2 is 2.26 bits per heavy atom. The van der Waals surface area contributed by atoms with E-state index in [-0.39, 0.29) is 18.5 Å². The number of hydrogen-bond acceptors (Lipinski definition) is 4. The summed E-state index contributed by atoms with van der Waals surface area (Å²) in [4.78, 5) is 14.0. The molecule has 0 radical (unpaired) electrons. The molecule has 1 aliphatic rings. The molecule has 0 unspecified atom stereocenters. The fourth-order valence-electron chi connectivity index (χ4n) is 2.73. The van der Waals surface area contributed by atoms with E-state index in [1.54, 1.807) is 17.9 Å². The summed E-state index contributed by atoms with van der Waals surface area (Å²) in [6.07, 6.45) is -1.80. The van der Waals surface area contributed by atoms with Crippen LogP contribution in [0.2, 0.25) is 0 Å². The summed E-state index contributed by atoms with van der Waals surface area (Å²) >= 11 is 0. The van der Waals surface area contributed by atoms with Gasteiger partial charge in [0.1, 0.15) is 6.54 Å². The van der Waals surface area contributed by atoms with Crippen molar-refractivity contribution in [1.29, 1.82) is 0 Å². The zero-order chi connectivity index (χ0) is 16.6. The van der Waals surface area contributed by atoms with Crippen LogP contribution in [0.25, 0.3) is 0 Å². The second-order valence-electron chi connectivity index (χ2n) is 5.51. The third-order valence-corrected chi connectivity index (χ3v) is 3.78. The first-order valence-corrected chi connectivity index (χ1v) is 7.18. The minimum absolute atomic E-state index is 0.221. The highest BCUT2D eigenvalue weighted by Crippen LogP contribution is 2.32. The van der Waals surface area contributed by atoms with Crippen molar-refractivity contribution in [2.45, 2.75) is 38.5 Å². The molecule has 2 aromatic rings. The first-order chi connectivity index (χ1) is 10.8. The molecule has 0 saturated carbocycles.